The predicted octanol–water partition coefficient (Wildman–Crippen LogP) is 5.07. The van der Waals surface area contributed by atoms with Crippen molar-refractivity contribution in [3.8, 4) is 10.7 Å². The van der Waals surface area contributed by atoms with Crippen LogP contribution in [0, 0.1) is 0 Å². The quantitative estimate of drug-likeness (QED) is 0.466. The molecule has 6 nitrogen and oxygen atoms in total. The molecule has 0 radical (unpaired) electrons. The molecule has 2 atom stereocenters. The maximum atomic E-state index is 12.7. The van der Waals surface area contributed by atoms with E-state index in [2.05, 4.69) is 36.0 Å². The van der Waals surface area contributed by atoms with Crippen molar-refractivity contribution in [1.82, 2.24) is 14.8 Å². The van der Waals surface area contributed by atoms with Gasteiger partial charge < -0.3 is 10.1 Å². The SMILES string of the molecule is CC(Sc1nnc(-c2cccs2)n1CC1CCCO1)C(=O)Nc1ccc(Br)cc1. The Hall–Kier alpha value is -1.68. The summed E-state index contributed by atoms with van der Waals surface area (Å²) >= 11 is 6.46. The van der Waals surface area contributed by atoms with Crippen molar-refractivity contribution in [1.29, 1.82) is 0 Å². The van der Waals surface area contributed by atoms with Gasteiger partial charge in [-0.3, -0.25) is 9.36 Å². The number of anilines is 1. The van der Waals surface area contributed by atoms with Gasteiger partial charge in [-0.05, 0) is 55.5 Å². The number of aromatic nitrogens is 3. The lowest BCUT2D eigenvalue weighted by Crippen LogP contribution is -2.23. The van der Waals surface area contributed by atoms with Gasteiger partial charge in [0.25, 0.3) is 0 Å². The van der Waals surface area contributed by atoms with E-state index in [9.17, 15) is 4.79 Å². The molecule has 29 heavy (non-hydrogen) atoms. The molecule has 0 spiro atoms. The third-order valence-corrected chi connectivity index (χ3v) is 7.11. The van der Waals surface area contributed by atoms with Crippen molar-refractivity contribution in [3.05, 3.63) is 46.3 Å². The number of halogens is 1. The second-order valence-corrected chi connectivity index (χ2v) is 9.96. The summed E-state index contributed by atoms with van der Waals surface area (Å²) in [6, 6.07) is 11.6. The van der Waals surface area contributed by atoms with Crippen molar-refractivity contribution in [2.45, 2.75) is 42.8 Å². The van der Waals surface area contributed by atoms with Crippen LogP contribution < -0.4 is 5.32 Å². The first-order chi connectivity index (χ1) is 14.1. The molecule has 0 aliphatic carbocycles. The fourth-order valence-corrected chi connectivity index (χ4v) is 4.95. The Labute approximate surface area is 186 Å². The van der Waals surface area contributed by atoms with E-state index in [4.69, 9.17) is 4.74 Å². The first-order valence-electron chi connectivity index (χ1n) is 9.42. The minimum Gasteiger partial charge on any atom is -0.376 e. The molecule has 0 bridgehead atoms. The second-order valence-electron chi connectivity index (χ2n) is 6.79. The van der Waals surface area contributed by atoms with Gasteiger partial charge in [-0.15, -0.1) is 21.5 Å². The highest BCUT2D eigenvalue weighted by Gasteiger charge is 2.25. The minimum absolute atomic E-state index is 0.0679. The monoisotopic (exact) mass is 492 g/mol. The minimum atomic E-state index is -0.317. The van der Waals surface area contributed by atoms with Crippen LogP contribution in [-0.2, 0) is 16.1 Å². The van der Waals surface area contributed by atoms with E-state index < -0.39 is 0 Å². The van der Waals surface area contributed by atoms with Crippen LogP contribution in [0.5, 0.6) is 0 Å². The fraction of sp³-hybridized carbons (Fsp3) is 0.350. The van der Waals surface area contributed by atoms with Crippen LogP contribution in [0.25, 0.3) is 10.7 Å². The molecule has 0 saturated carbocycles. The normalized spacial score (nSPS) is 17.4. The van der Waals surface area contributed by atoms with Gasteiger partial charge in [0.15, 0.2) is 11.0 Å². The van der Waals surface area contributed by atoms with Crippen LogP contribution in [0.2, 0.25) is 0 Å². The molecular formula is C20H21BrN4O2S2. The highest BCUT2D eigenvalue weighted by molar-refractivity contribution is 9.10. The first-order valence-corrected chi connectivity index (χ1v) is 12.0. The van der Waals surface area contributed by atoms with Crippen LogP contribution >= 0.6 is 39.0 Å². The summed E-state index contributed by atoms with van der Waals surface area (Å²) in [5.41, 5.74) is 0.769. The molecule has 3 aromatic rings. The standard InChI is InChI=1S/C20H21BrN4O2S2/c1-13(19(26)22-15-8-6-14(21)7-9-15)29-20-24-23-18(17-5-3-11-28-17)25(20)12-16-4-2-10-27-16/h3,5-9,11,13,16H,2,4,10,12H2,1H3,(H,22,26). The van der Waals surface area contributed by atoms with E-state index in [-0.39, 0.29) is 17.3 Å². The molecule has 152 valence electrons. The Morgan fingerprint density at radius 1 is 1.38 bits per heavy atom. The van der Waals surface area contributed by atoms with E-state index in [1.54, 1.807) is 11.3 Å². The van der Waals surface area contributed by atoms with Gasteiger partial charge in [0, 0.05) is 16.8 Å². The fourth-order valence-electron chi connectivity index (χ4n) is 3.11. The van der Waals surface area contributed by atoms with Gasteiger partial charge in [0.2, 0.25) is 5.91 Å². The maximum absolute atomic E-state index is 12.7. The lowest BCUT2D eigenvalue weighted by Gasteiger charge is -2.16. The van der Waals surface area contributed by atoms with E-state index in [0.717, 1.165) is 45.5 Å². The molecule has 1 amide bonds. The summed E-state index contributed by atoms with van der Waals surface area (Å²) in [6.07, 6.45) is 2.28. The Bertz CT molecular complexity index is 954. The third kappa shape index (κ3) is 5.09. The van der Waals surface area contributed by atoms with Crippen molar-refractivity contribution >= 4 is 50.6 Å². The predicted molar refractivity (Wildman–Crippen MR) is 120 cm³/mol. The number of carbonyl (C=O) groups excluding carboxylic acids is 1. The Kier molecular flexibility index (Phi) is 6.69. The molecule has 2 unspecified atom stereocenters. The van der Waals surface area contributed by atoms with Crippen molar-refractivity contribution in [2.24, 2.45) is 0 Å². The lowest BCUT2D eigenvalue weighted by atomic mass is 10.2. The third-order valence-electron chi connectivity index (χ3n) is 4.63. The number of thiophene rings is 1. The maximum Gasteiger partial charge on any atom is 0.237 e. The molecule has 3 heterocycles. The first kappa shape index (κ1) is 20.6. The van der Waals surface area contributed by atoms with E-state index in [1.165, 1.54) is 11.8 Å². The summed E-state index contributed by atoms with van der Waals surface area (Å²) in [7, 11) is 0. The van der Waals surface area contributed by atoms with Gasteiger partial charge in [0.05, 0.1) is 22.8 Å². The number of rotatable bonds is 7. The van der Waals surface area contributed by atoms with Crippen LogP contribution in [-0.4, -0.2) is 38.6 Å². The van der Waals surface area contributed by atoms with Crippen LogP contribution in [0.3, 0.4) is 0 Å². The van der Waals surface area contributed by atoms with Crippen molar-refractivity contribution in [2.75, 3.05) is 11.9 Å². The Morgan fingerprint density at radius 3 is 2.90 bits per heavy atom. The smallest absolute Gasteiger partial charge is 0.237 e. The van der Waals surface area contributed by atoms with Crippen molar-refractivity contribution in [3.63, 3.8) is 0 Å². The molecular weight excluding hydrogens is 472 g/mol. The zero-order chi connectivity index (χ0) is 20.2. The largest absolute Gasteiger partial charge is 0.376 e. The molecule has 1 saturated heterocycles. The van der Waals surface area contributed by atoms with E-state index in [1.807, 2.05) is 48.7 Å². The van der Waals surface area contributed by atoms with Crippen LogP contribution in [0.4, 0.5) is 5.69 Å². The Balaban J connectivity index is 1.50. The number of thioether (sulfide) groups is 1. The molecule has 1 aliphatic rings. The molecule has 1 fully saturated rings. The number of nitrogens with one attached hydrogen (secondary N) is 1. The van der Waals surface area contributed by atoms with Crippen LogP contribution in [0.1, 0.15) is 19.8 Å². The zero-order valence-corrected chi connectivity index (χ0v) is 19.1. The summed E-state index contributed by atoms with van der Waals surface area (Å²) in [5.74, 6) is 0.764. The molecule has 9 heteroatoms. The molecule has 1 aliphatic heterocycles. The Morgan fingerprint density at radius 2 is 2.21 bits per heavy atom. The average molecular weight is 493 g/mol. The number of ether oxygens (including phenoxy) is 1. The van der Waals surface area contributed by atoms with Gasteiger partial charge in [-0.2, -0.15) is 0 Å². The summed E-state index contributed by atoms with van der Waals surface area (Å²) in [5, 5.41) is 14.2. The number of carbonyl (C=O) groups is 1. The molecule has 1 N–H and O–H groups in total. The van der Waals surface area contributed by atoms with Gasteiger partial charge in [0.1, 0.15) is 0 Å². The number of hydrogen-bond donors (Lipinski definition) is 1. The summed E-state index contributed by atoms with van der Waals surface area (Å²) < 4.78 is 8.90. The van der Waals surface area contributed by atoms with Crippen molar-refractivity contribution < 1.29 is 9.53 Å². The highest BCUT2D eigenvalue weighted by atomic mass is 79.9. The molecule has 4 rings (SSSR count). The highest BCUT2D eigenvalue weighted by Crippen LogP contribution is 2.31. The number of amides is 1. The zero-order valence-electron chi connectivity index (χ0n) is 15.9. The summed E-state index contributed by atoms with van der Waals surface area (Å²) in [4.78, 5) is 13.7. The van der Waals surface area contributed by atoms with E-state index in [0.29, 0.717) is 6.54 Å². The average Bonchev–Trinajstić information content (AvgIpc) is 3.47. The molecule has 2 aromatic heterocycles. The van der Waals surface area contributed by atoms with Crippen LogP contribution in [0.15, 0.2) is 51.4 Å². The van der Waals surface area contributed by atoms with E-state index >= 15 is 0 Å². The topological polar surface area (TPSA) is 69.0 Å². The number of benzene rings is 1. The second kappa shape index (κ2) is 9.42. The molecule has 1 aromatic carbocycles. The number of hydrogen-bond acceptors (Lipinski definition) is 6. The number of nitrogens with zero attached hydrogens (tertiary/aromatic N) is 3. The van der Waals surface area contributed by atoms with Gasteiger partial charge in [-0.1, -0.05) is 33.8 Å². The summed E-state index contributed by atoms with van der Waals surface area (Å²) in [6.45, 7) is 3.38. The van der Waals surface area contributed by atoms with Gasteiger partial charge in [-0.25, -0.2) is 0 Å². The lowest BCUT2D eigenvalue weighted by molar-refractivity contribution is -0.115. The van der Waals surface area contributed by atoms with Gasteiger partial charge >= 0.3 is 0 Å².